The molecule has 0 aliphatic heterocycles. The molecule has 0 amide bonds. The Morgan fingerprint density at radius 3 is 2.60 bits per heavy atom. The van der Waals surface area contributed by atoms with Gasteiger partial charge in [0.2, 0.25) is 0 Å². The topological polar surface area (TPSA) is 55.6 Å². The van der Waals surface area contributed by atoms with Crippen LogP contribution >= 0.6 is 0 Å². The Balaban J connectivity index is 3.19. The van der Waals surface area contributed by atoms with E-state index in [9.17, 15) is 10.1 Å². The van der Waals surface area contributed by atoms with Gasteiger partial charge in [-0.2, -0.15) is 0 Å². The van der Waals surface area contributed by atoms with Crippen molar-refractivity contribution < 1.29 is 9.66 Å². The molecule has 0 fully saturated rings. The van der Waals surface area contributed by atoms with Crippen LogP contribution < -0.4 is 4.74 Å². The summed E-state index contributed by atoms with van der Waals surface area (Å²) in [5.74, 6) is 0.305. The van der Waals surface area contributed by atoms with Crippen molar-refractivity contribution in [1.29, 1.82) is 0 Å². The molecule has 0 aliphatic carbocycles. The summed E-state index contributed by atoms with van der Waals surface area (Å²) >= 11 is 0. The van der Waals surface area contributed by atoms with Crippen molar-refractivity contribution >= 4 is 5.69 Å². The largest absolute Gasteiger partial charge is 0.490 e. The second-order valence-electron chi connectivity index (χ2n) is 3.46. The van der Waals surface area contributed by atoms with E-state index in [2.05, 4.69) is 0 Å². The van der Waals surface area contributed by atoms with Crippen LogP contribution in [0.4, 0.5) is 5.69 Å². The third-order valence-electron chi connectivity index (χ3n) is 1.97. The molecule has 0 saturated carbocycles. The first kappa shape index (κ1) is 11.5. The summed E-state index contributed by atoms with van der Waals surface area (Å²) in [4.78, 5) is 12.4. The molecule has 82 valence electrons. The average molecular weight is 210 g/mol. The Hall–Kier alpha value is -1.62. The van der Waals surface area contributed by atoms with Gasteiger partial charge in [-0.1, -0.05) is 12.1 Å². The van der Waals surface area contributed by atoms with E-state index in [-0.39, 0.29) is 5.69 Å². The Bertz CT molecular complexity index is 364. The van der Waals surface area contributed by atoms with Gasteiger partial charge < -0.3 is 9.64 Å². The van der Waals surface area contributed by atoms with Gasteiger partial charge in [-0.25, -0.2) is 0 Å². The van der Waals surface area contributed by atoms with Crippen LogP contribution in [-0.2, 0) is 6.54 Å². The lowest BCUT2D eigenvalue weighted by Crippen LogP contribution is -2.12. The highest BCUT2D eigenvalue weighted by Crippen LogP contribution is 2.30. The first-order valence-electron chi connectivity index (χ1n) is 4.51. The molecule has 0 aromatic heterocycles. The van der Waals surface area contributed by atoms with E-state index < -0.39 is 4.92 Å². The fourth-order valence-electron chi connectivity index (χ4n) is 1.41. The molecule has 15 heavy (non-hydrogen) atoms. The van der Waals surface area contributed by atoms with Crippen LogP contribution in [0.1, 0.15) is 5.56 Å². The molecule has 0 bridgehead atoms. The van der Waals surface area contributed by atoms with Crippen LogP contribution in [0.25, 0.3) is 0 Å². The number of hydrogen-bond donors (Lipinski definition) is 0. The van der Waals surface area contributed by atoms with Crippen molar-refractivity contribution in [2.45, 2.75) is 6.54 Å². The summed E-state index contributed by atoms with van der Waals surface area (Å²) in [6, 6.07) is 5.09. The maximum absolute atomic E-state index is 10.9. The van der Waals surface area contributed by atoms with Crippen molar-refractivity contribution in [3.05, 3.63) is 33.9 Å². The number of nitrogens with zero attached hydrogens (tertiary/aromatic N) is 2. The van der Waals surface area contributed by atoms with E-state index in [1.165, 1.54) is 7.11 Å². The van der Waals surface area contributed by atoms with Crippen molar-refractivity contribution in [3.8, 4) is 5.75 Å². The van der Waals surface area contributed by atoms with E-state index >= 15 is 0 Å². The molecule has 5 nitrogen and oxygen atoms in total. The van der Waals surface area contributed by atoms with Crippen molar-refractivity contribution in [1.82, 2.24) is 4.90 Å². The van der Waals surface area contributed by atoms with E-state index in [1.807, 2.05) is 19.0 Å². The molecule has 0 N–H and O–H groups in total. The van der Waals surface area contributed by atoms with Gasteiger partial charge >= 0.3 is 5.69 Å². The van der Waals surface area contributed by atoms with Gasteiger partial charge in [-0.15, -0.1) is 0 Å². The predicted octanol–water partition coefficient (Wildman–Crippen LogP) is 1.66. The molecule has 0 unspecified atom stereocenters. The molecular formula is C10H14N2O3. The van der Waals surface area contributed by atoms with Gasteiger partial charge in [0.15, 0.2) is 5.75 Å². The maximum Gasteiger partial charge on any atom is 0.315 e. The SMILES string of the molecule is COc1cccc(CN(C)C)c1[N+](=O)[O-]. The fraction of sp³-hybridized carbons (Fsp3) is 0.400. The summed E-state index contributed by atoms with van der Waals surface area (Å²) in [7, 11) is 5.16. The molecule has 0 saturated heterocycles. The van der Waals surface area contributed by atoms with Gasteiger partial charge in [0.05, 0.1) is 12.0 Å². The van der Waals surface area contributed by atoms with Gasteiger partial charge in [-0.05, 0) is 20.2 Å². The molecule has 0 spiro atoms. The minimum absolute atomic E-state index is 0.0497. The molecule has 5 heteroatoms. The highest BCUT2D eigenvalue weighted by Gasteiger charge is 2.20. The molecule has 0 atom stereocenters. The third kappa shape index (κ3) is 2.66. The fourth-order valence-corrected chi connectivity index (χ4v) is 1.41. The summed E-state index contributed by atoms with van der Waals surface area (Å²) in [6.07, 6.45) is 0. The minimum Gasteiger partial charge on any atom is -0.490 e. The van der Waals surface area contributed by atoms with E-state index in [4.69, 9.17) is 4.74 Å². The van der Waals surface area contributed by atoms with Crippen LogP contribution in [0.5, 0.6) is 5.75 Å². The number of para-hydroxylation sites is 1. The first-order valence-corrected chi connectivity index (χ1v) is 4.51. The number of nitro groups is 1. The molecule has 1 aromatic carbocycles. The van der Waals surface area contributed by atoms with E-state index in [1.54, 1.807) is 18.2 Å². The lowest BCUT2D eigenvalue weighted by molar-refractivity contribution is -0.386. The summed E-state index contributed by atoms with van der Waals surface area (Å²) in [5, 5.41) is 10.9. The summed E-state index contributed by atoms with van der Waals surface area (Å²) in [6.45, 7) is 0.521. The van der Waals surface area contributed by atoms with E-state index in [0.29, 0.717) is 17.9 Å². The smallest absolute Gasteiger partial charge is 0.315 e. The van der Waals surface area contributed by atoms with Crippen LogP contribution in [0, 0.1) is 10.1 Å². The zero-order chi connectivity index (χ0) is 11.4. The molecule has 1 rings (SSSR count). The van der Waals surface area contributed by atoms with Crippen LogP contribution in [0.15, 0.2) is 18.2 Å². The van der Waals surface area contributed by atoms with Gasteiger partial charge in [0, 0.05) is 12.1 Å². The molecule has 0 aliphatic rings. The van der Waals surface area contributed by atoms with Crippen LogP contribution in [0.3, 0.4) is 0 Å². The number of ether oxygens (including phenoxy) is 1. The lowest BCUT2D eigenvalue weighted by Gasteiger charge is -2.11. The van der Waals surface area contributed by atoms with Crippen LogP contribution in [0.2, 0.25) is 0 Å². The Labute approximate surface area is 88.4 Å². The zero-order valence-electron chi connectivity index (χ0n) is 9.06. The number of nitro benzene ring substituents is 1. The van der Waals surface area contributed by atoms with Gasteiger partial charge in [0.1, 0.15) is 0 Å². The first-order chi connectivity index (χ1) is 7.06. The minimum atomic E-state index is -0.405. The quantitative estimate of drug-likeness (QED) is 0.560. The second kappa shape index (κ2) is 4.75. The number of hydrogen-bond acceptors (Lipinski definition) is 4. The molecule has 1 aromatic rings. The molecular weight excluding hydrogens is 196 g/mol. The van der Waals surface area contributed by atoms with Crippen LogP contribution in [-0.4, -0.2) is 31.0 Å². The number of methoxy groups -OCH3 is 1. The molecule has 0 radical (unpaired) electrons. The highest BCUT2D eigenvalue weighted by molar-refractivity contribution is 5.52. The summed E-state index contributed by atoms with van der Waals surface area (Å²) in [5.41, 5.74) is 0.707. The zero-order valence-corrected chi connectivity index (χ0v) is 9.06. The maximum atomic E-state index is 10.9. The highest BCUT2D eigenvalue weighted by atomic mass is 16.6. The second-order valence-corrected chi connectivity index (χ2v) is 3.46. The standard InChI is InChI=1S/C10H14N2O3/c1-11(2)7-8-5-4-6-9(15-3)10(8)12(13)14/h4-6H,7H2,1-3H3. The Morgan fingerprint density at radius 1 is 1.47 bits per heavy atom. The molecule has 0 heterocycles. The normalized spacial score (nSPS) is 10.4. The number of benzene rings is 1. The van der Waals surface area contributed by atoms with Gasteiger partial charge in [-0.3, -0.25) is 10.1 Å². The van der Waals surface area contributed by atoms with Gasteiger partial charge in [0.25, 0.3) is 0 Å². The van der Waals surface area contributed by atoms with Crippen molar-refractivity contribution in [2.75, 3.05) is 21.2 Å². The Kier molecular flexibility index (Phi) is 3.62. The van der Waals surface area contributed by atoms with E-state index in [0.717, 1.165) is 0 Å². The lowest BCUT2D eigenvalue weighted by atomic mass is 10.1. The number of rotatable bonds is 4. The predicted molar refractivity (Wildman–Crippen MR) is 57.0 cm³/mol. The summed E-state index contributed by atoms with van der Waals surface area (Å²) < 4.78 is 4.97. The Morgan fingerprint density at radius 2 is 2.13 bits per heavy atom. The third-order valence-corrected chi connectivity index (χ3v) is 1.97. The average Bonchev–Trinajstić information content (AvgIpc) is 2.15. The van der Waals surface area contributed by atoms with Crippen molar-refractivity contribution in [3.63, 3.8) is 0 Å². The monoisotopic (exact) mass is 210 g/mol. The van der Waals surface area contributed by atoms with Crippen molar-refractivity contribution in [2.24, 2.45) is 0 Å².